The smallest absolute Gasteiger partial charge is 0.174 e. The zero-order valence-corrected chi connectivity index (χ0v) is 15.6. The molecule has 6 rings (SSSR count). The average molecular weight is 360 g/mol. The van der Waals surface area contributed by atoms with Crippen LogP contribution in [0.15, 0.2) is 11.6 Å². The lowest BCUT2D eigenvalue weighted by atomic mass is 9.47. The summed E-state index contributed by atoms with van der Waals surface area (Å²) < 4.78 is 18.1. The van der Waals surface area contributed by atoms with E-state index in [1.807, 2.05) is 6.08 Å². The van der Waals surface area contributed by atoms with E-state index in [0.717, 1.165) is 31.3 Å². The van der Waals surface area contributed by atoms with Crippen molar-refractivity contribution in [2.75, 3.05) is 13.2 Å². The summed E-state index contributed by atoms with van der Waals surface area (Å²) in [6, 6.07) is 0. The molecule has 4 aliphatic carbocycles. The average Bonchev–Trinajstić information content (AvgIpc) is 3.10. The molecule has 0 amide bonds. The van der Waals surface area contributed by atoms with Crippen LogP contribution >= 0.6 is 0 Å². The monoisotopic (exact) mass is 360 g/mol. The fourth-order valence-electron chi connectivity index (χ4n) is 7.61. The van der Waals surface area contributed by atoms with Gasteiger partial charge in [0.25, 0.3) is 0 Å². The predicted octanol–water partition coefficient (Wildman–Crippen LogP) is 2.22. The molecule has 5 nitrogen and oxygen atoms in total. The number of fused-ring (bicyclic) bond motifs is 8. The Morgan fingerprint density at radius 2 is 1.85 bits per heavy atom. The van der Waals surface area contributed by atoms with E-state index >= 15 is 0 Å². The van der Waals surface area contributed by atoms with E-state index in [2.05, 4.69) is 13.8 Å². The van der Waals surface area contributed by atoms with Crippen molar-refractivity contribution in [1.29, 1.82) is 0 Å². The highest BCUT2D eigenvalue weighted by Crippen LogP contribution is 2.69. The third-order valence-electron chi connectivity index (χ3n) is 9.12. The first kappa shape index (κ1) is 16.2. The molecule has 26 heavy (non-hydrogen) atoms. The van der Waals surface area contributed by atoms with Gasteiger partial charge in [-0.3, -0.25) is 4.79 Å². The lowest BCUT2D eigenvalue weighted by Gasteiger charge is -2.58. The molecule has 6 aliphatic rings. The van der Waals surface area contributed by atoms with Crippen LogP contribution in [0.4, 0.5) is 0 Å². The fraction of sp³-hybridized carbons (Fsp3) is 0.857. The van der Waals surface area contributed by atoms with Crippen LogP contribution in [0, 0.1) is 28.6 Å². The van der Waals surface area contributed by atoms with Gasteiger partial charge < -0.3 is 19.3 Å². The summed E-state index contributed by atoms with van der Waals surface area (Å²) in [4.78, 5) is 13.3. The topological polar surface area (TPSA) is 68.3 Å². The second-order valence-electron chi connectivity index (χ2n) is 9.81. The van der Waals surface area contributed by atoms with Gasteiger partial charge in [0.05, 0.1) is 25.4 Å². The molecule has 2 heterocycles. The van der Waals surface area contributed by atoms with Crippen molar-refractivity contribution < 1.29 is 24.1 Å². The van der Waals surface area contributed by atoms with Crippen molar-refractivity contribution in [3.8, 4) is 0 Å². The Hall–Kier alpha value is -0.750. The zero-order chi connectivity index (χ0) is 17.9. The minimum Gasteiger partial charge on any atom is -0.392 e. The lowest BCUT2D eigenvalue weighted by Crippen LogP contribution is -2.60. The van der Waals surface area contributed by atoms with Crippen molar-refractivity contribution in [1.82, 2.24) is 0 Å². The van der Waals surface area contributed by atoms with Gasteiger partial charge >= 0.3 is 0 Å². The number of carbonyl (C=O) groups excluding carboxylic acids is 1. The number of aliphatic hydroxyl groups excluding tert-OH is 1. The molecule has 8 atom stereocenters. The van der Waals surface area contributed by atoms with E-state index in [9.17, 15) is 9.90 Å². The van der Waals surface area contributed by atoms with Crippen LogP contribution in [0.3, 0.4) is 0 Å². The molecule has 3 saturated carbocycles. The number of carbonyl (C=O) groups is 1. The molecule has 0 unspecified atom stereocenters. The highest BCUT2D eigenvalue weighted by atomic mass is 16.7. The van der Waals surface area contributed by atoms with Crippen molar-refractivity contribution >= 4 is 5.78 Å². The Morgan fingerprint density at radius 1 is 1.12 bits per heavy atom. The van der Waals surface area contributed by atoms with E-state index in [1.165, 1.54) is 0 Å². The van der Waals surface area contributed by atoms with Crippen molar-refractivity contribution in [3.05, 3.63) is 11.6 Å². The van der Waals surface area contributed by atoms with E-state index in [4.69, 9.17) is 14.2 Å². The van der Waals surface area contributed by atoms with Crippen LogP contribution in [0.1, 0.15) is 46.0 Å². The molecule has 5 heteroatoms. The predicted molar refractivity (Wildman–Crippen MR) is 92.2 cm³/mol. The first-order chi connectivity index (χ1) is 12.4. The first-order valence-electron chi connectivity index (χ1n) is 10.3. The summed E-state index contributed by atoms with van der Waals surface area (Å²) in [7, 11) is 0. The minimum atomic E-state index is -0.496. The van der Waals surface area contributed by atoms with Gasteiger partial charge in [-0.15, -0.1) is 0 Å². The Balaban J connectivity index is 1.44. The van der Waals surface area contributed by atoms with Gasteiger partial charge in [0.2, 0.25) is 0 Å². The van der Waals surface area contributed by atoms with Crippen LogP contribution < -0.4 is 0 Å². The largest absolute Gasteiger partial charge is 0.392 e. The normalized spacial score (nSPS) is 56.4. The standard InChI is InChI=1S/C21H28O5/c1-19-5-3-12-17(11(19)4-6-21(19)24-7-8-25-21)14(22)9-13-18-15(26-18)10-16(23)20(12,13)2/h9,11-12,15-18,23H,3-8,10H2,1-2H3/t11-,12-,15+,16-,17-,18-,19-,20+/m0/s1. The maximum atomic E-state index is 13.3. The maximum Gasteiger partial charge on any atom is 0.174 e. The van der Waals surface area contributed by atoms with Gasteiger partial charge in [-0.1, -0.05) is 13.8 Å². The van der Waals surface area contributed by atoms with Crippen LogP contribution in [0.25, 0.3) is 0 Å². The zero-order valence-electron chi connectivity index (χ0n) is 15.6. The Labute approximate surface area is 154 Å². The molecule has 0 bridgehead atoms. The van der Waals surface area contributed by atoms with Gasteiger partial charge in [0.1, 0.15) is 6.10 Å². The number of ether oxygens (including phenoxy) is 3. The number of aliphatic hydroxyl groups is 1. The van der Waals surface area contributed by atoms with Crippen LogP contribution in [-0.4, -0.2) is 48.2 Å². The van der Waals surface area contributed by atoms with Gasteiger partial charge in [0, 0.05) is 29.6 Å². The molecule has 5 fully saturated rings. The SMILES string of the molecule is C[C@]12C(=CC(=O)[C@@H]3[C@@H]1CC[C@@]1(C)[C@H]3CCC13OCCO3)[C@@H]1O[C@@H]1C[C@@H]2O. The molecule has 1 spiro atoms. The summed E-state index contributed by atoms with van der Waals surface area (Å²) in [6.07, 6.45) is 6.12. The van der Waals surface area contributed by atoms with E-state index in [-0.39, 0.29) is 46.6 Å². The number of hydrogen-bond acceptors (Lipinski definition) is 5. The summed E-state index contributed by atoms with van der Waals surface area (Å²) in [5.74, 6) is 0.191. The number of ketones is 1. The second-order valence-corrected chi connectivity index (χ2v) is 9.81. The molecule has 2 aliphatic heterocycles. The molecule has 0 aromatic heterocycles. The third kappa shape index (κ3) is 1.66. The van der Waals surface area contributed by atoms with E-state index in [1.54, 1.807) is 0 Å². The summed E-state index contributed by atoms with van der Waals surface area (Å²) >= 11 is 0. The molecule has 142 valence electrons. The van der Waals surface area contributed by atoms with Gasteiger partial charge in [0.15, 0.2) is 11.6 Å². The Bertz CT molecular complexity index is 709. The summed E-state index contributed by atoms with van der Waals surface area (Å²) in [5.41, 5.74) is 0.627. The molecule has 0 aromatic carbocycles. The summed E-state index contributed by atoms with van der Waals surface area (Å²) in [5, 5.41) is 11.0. The summed E-state index contributed by atoms with van der Waals surface area (Å²) in [6.45, 7) is 5.77. The van der Waals surface area contributed by atoms with Crippen molar-refractivity contribution in [2.24, 2.45) is 28.6 Å². The van der Waals surface area contributed by atoms with Crippen LogP contribution in [0.2, 0.25) is 0 Å². The van der Waals surface area contributed by atoms with Crippen LogP contribution in [-0.2, 0) is 19.0 Å². The highest BCUT2D eigenvalue weighted by Gasteiger charge is 2.70. The number of hydrogen-bond donors (Lipinski definition) is 1. The Kier molecular flexibility index (Phi) is 3.00. The molecule has 1 N–H and O–H groups in total. The molecular weight excluding hydrogens is 332 g/mol. The van der Waals surface area contributed by atoms with Gasteiger partial charge in [-0.2, -0.15) is 0 Å². The van der Waals surface area contributed by atoms with Gasteiger partial charge in [-0.05, 0) is 42.7 Å². The van der Waals surface area contributed by atoms with Crippen molar-refractivity contribution in [2.45, 2.75) is 70.1 Å². The van der Waals surface area contributed by atoms with E-state index in [0.29, 0.717) is 19.6 Å². The molecule has 0 aromatic rings. The molecule has 0 radical (unpaired) electrons. The molecule has 2 saturated heterocycles. The quantitative estimate of drug-likeness (QED) is 0.671. The highest BCUT2D eigenvalue weighted by molar-refractivity contribution is 5.95. The van der Waals surface area contributed by atoms with Crippen LogP contribution in [0.5, 0.6) is 0 Å². The third-order valence-corrected chi connectivity index (χ3v) is 9.12. The second kappa shape index (κ2) is 4.80. The minimum absolute atomic E-state index is 0.0281. The Morgan fingerprint density at radius 3 is 2.62 bits per heavy atom. The fourth-order valence-corrected chi connectivity index (χ4v) is 7.61. The number of epoxide rings is 1. The number of allylic oxidation sites excluding steroid dienone is 1. The maximum absolute atomic E-state index is 13.3. The van der Waals surface area contributed by atoms with Crippen molar-refractivity contribution in [3.63, 3.8) is 0 Å². The van der Waals surface area contributed by atoms with Gasteiger partial charge in [-0.25, -0.2) is 0 Å². The number of rotatable bonds is 0. The molecular formula is C21H28O5. The van der Waals surface area contributed by atoms with E-state index < -0.39 is 11.9 Å². The lowest BCUT2D eigenvalue weighted by molar-refractivity contribution is -0.242. The first-order valence-corrected chi connectivity index (χ1v) is 10.3.